The molecule has 3 fully saturated rings. The van der Waals surface area contributed by atoms with Crippen LogP contribution in [-0.2, 0) is 25.7 Å². The van der Waals surface area contributed by atoms with Crippen molar-refractivity contribution in [3.8, 4) is 5.75 Å². The van der Waals surface area contributed by atoms with Gasteiger partial charge in [0.2, 0.25) is 17.7 Å². The van der Waals surface area contributed by atoms with Crippen molar-refractivity contribution < 1.29 is 28.2 Å². The number of carbonyl (C=O) groups is 3. The number of carbonyl (C=O) groups excluding carboxylic acids is 3. The maximum absolute atomic E-state index is 14.1. The molecule has 2 N–H and O–H groups in total. The third-order valence-corrected chi connectivity index (χ3v) is 8.48. The van der Waals surface area contributed by atoms with Gasteiger partial charge in [0.1, 0.15) is 23.2 Å². The topological polar surface area (TPSA) is 97.0 Å². The van der Waals surface area contributed by atoms with Crippen molar-refractivity contribution in [3.05, 3.63) is 72.1 Å². The van der Waals surface area contributed by atoms with Gasteiger partial charge in [0.25, 0.3) is 0 Å². The van der Waals surface area contributed by atoms with E-state index < -0.39 is 29.6 Å². The molecule has 2 aromatic carbocycles. The Balaban J connectivity index is 1.32. The summed E-state index contributed by atoms with van der Waals surface area (Å²) in [7, 11) is 1.55. The van der Waals surface area contributed by atoms with Crippen molar-refractivity contribution >= 4 is 23.4 Å². The lowest BCUT2D eigenvalue weighted by Crippen LogP contribution is -2.56. The molecular weight excluding hydrogens is 501 g/mol. The summed E-state index contributed by atoms with van der Waals surface area (Å²) in [6.45, 7) is 0.103. The van der Waals surface area contributed by atoms with E-state index >= 15 is 0 Å². The molecule has 0 aromatic heterocycles. The number of ether oxygens (including phenoxy) is 2. The fourth-order valence-corrected chi connectivity index (χ4v) is 6.68. The highest BCUT2D eigenvalue weighted by atomic mass is 19.1. The molecule has 2 saturated heterocycles. The van der Waals surface area contributed by atoms with E-state index in [-0.39, 0.29) is 36.1 Å². The van der Waals surface area contributed by atoms with Crippen molar-refractivity contribution in [3.63, 3.8) is 0 Å². The minimum atomic E-state index is -1.25. The smallest absolute Gasteiger partial charge is 0.246 e. The summed E-state index contributed by atoms with van der Waals surface area (Å²) in [6.07, 6.45) is 8.00. The SMILES string of the molecule is COc1cccc(NC(=O)[C@H]2[C@@H]3C=C[C@]4(O3)[C@@H]2C(=O)N(Cc2ccc(F)cc2)[C@@H]4C(=O)NC2CCCCC2)c1. The first-order chi connectivity index (χ1) is 18.9. The summed E-state index contributed by atoms with van der Waals surface area (Å²) in [5.41, 5.74) is -0.0236. The van der Waals surface area contributed by atoms with Crippen molar-refractivity contribution in [2.24, 2.45) is 11.8 Å². The number of nitrogens with zero attached hydrogens (tertiary/aromatic N) is 1. The van der Waals surface area contributed by atoms with Crippen LogP contribution in [-0.4, -0.2) is 53.5 Å². The summed E-state index contributed by atoms with van der Waals surface area (Å²) in [4.78, 5) is 43.1. The highest BCUT2D eigenvalue weighted by Crippen LogP contribution is 2.55. The molecule has 1 aliphatic carbocycles. The Kier molecular flexibility index (Phi) is 6.62. The van der Waals surface area contributed by atoms with Crippen LogP contribution in [0.15, 0.2) is 60.7 Å². The number of benzene rings is 2. The Morgan fingerprint density at radius 3 is 2.62 bits per heavy atom. The van der Waals surface area contributed by atoms with Crippen LogP contribution in [0.3, 0.4) is 0 Å². The summed E-state index contributed by atoms with van der Waals surface area (Å²) >= 11 is 0. The van der Waals surface area contributed by atoms with E-state index in [9.17, 15) is 18.8 Å². The predicted molar refractivity (Wildman–Crippen MR) is 141 cm³/mol. The highest BCUT2D eigenvalue weighted by molar-refractivity contribution is 6.02. The first-order valence-electron chi connectivity index (χ1n) is 13.6. The molecule has 0 radical (unpaired) electrons. The fraction of sp³-hybridized carbons (Fsp3) is 0.433. The van der Waals surface area contributed by atoms with Crippen LogP contribution in [0.1, 0.15) is 37.7 Å². The summed E-state index contributed by atoms with van der Waals surface area (Å²) in [5, 5.41) is 6.08. The van der Waals surface area contributed by atoms with E-state index in [2.05, 4.69) is 10.6 Å². The third-order valence-electron chi connectivity index (χ3n) is 8.48. The maximum Gasteiger partial charge on any atom is 0.246 e. The summed E-state index contributed by atoms with van der Waals surface area (Å²) in [6, 6.07) is 12.0. The van der Waals surface area contributed by atoms with Crippen LogP contribution in [0, 0.1) is 17.7 Å². The predicted octanol–water partition coefficient (Wildman–Crippen LogP) is 3.57. The van der Waals surface area contributed by atoms with Crippen molar-refractivity contribution in [1.82, 2.24) is 10.2 Å². The number of likely N-dealkylation sites (tertiary alicyclic amines) is 1. The fourth-order valence-electron chi connectivity index (χ4n) is 6.68. The van der Waals surface area contributed by atoms with Crippen molar-refractivity contribution in [2.45, 2.75) is 62.4 Å². The van der Waals surface area contributed by atoms with Gasteiger partial charge in [-0.2, -0.15) is 0 Å². The van der Waals surface area contributed by atoms with Gasteiger partial charge in [-0.3, -0.25) is 14.4 Å². The molecule has 8 nitrogen and oxygen atoms in total. The van der Waals surface area contributed by atoms with Gasteiger partial charge in [0, 0.05) is 24.3 Å². The number of anilines is 1. The molecule has 1 saturated carbocycles. The van der Waals surface area contributed by atoms with Crippen molar-refractivity contribution in [1.29, 1.82) is 0 Å². The quantitative estimate of drug-likeness (QED) is 0.531. The Bertz CT molecular complexity index is 1310. The normalized spacial score (nSPS) is 29.4. The van der Waals surface area contributed by atoms with E-state index in [1.807, 2.05) is 0 Å². The van der Waals surface area contributed by atoms with E-state index in [1.165, 1.54) is 17.0 Å². The second-order valence-corrected chi connectivity index (χ2v) is 10.9. The molecule has 204 valence electrons. The lowest BCUT2D eigenvalue weighted by molar-refractivity contribution is -0.142. The number of fused-ring (bicyclic) bond motifs is 1. The average Bonchev–Trinajstić information content (AvgIpc) is 3.58. The molecule has 39 heavy (non-hydrogen) atoms. The molecule has 5 atom stereocenters. The van der Waals surface area contributed by atoms with E-state index in [4.69, 9.17) is 9.47 Å². The van der Waals surface area contributed by atoms with Crippen LogP contribution in [0.2, 0.25) is 0 Å². The third kappa shape index (κ3) is 4.48. The summed E-state index contributed by atoms with van der Waals surface area (Å²) < 4.78 is 25.3. The monoisotopic (exact) mass is 533 g/mol. The number of hydrogen-bond donors (Lipinski definition) is 2. The Morgan fingerprint density at radius 2 is 1.87 bits per heavy atom. The Morgan fingerprint density at radius 1 is 1.10 bits per heavy atom. The van der Waals surface area contributed by atoms with Gasteiger partial charge in [-0.1, -0.05) is 49.6 Å². The van der Waals surface area contributed by atoms with Gasteiger partial charge in [-0.25, -0.2) is 4.39 Å². The van der Waals surface area contributed by atoms with E-state index in [0.717, 1.165) is 32.1 Å². The van der Waals surface area contributed by atoms with E-state index in [0.29, 0.717) is 17.0 Å². The molecule has 0 unspecified atom stereocenters. The van der Waals surface area contributed by atoms with E-state index in [1.54, 1.807) is 55.7 Å². The number of nitrogens with one attached hydrogen (secondary N) is 2. The minimum Gasteiger partial charge on any atom is -0.497 e. The van der Waals surface area contributed by atoms with Gasteiger partial charge < -0.3 is 25.0 Å². The molecule has 2 bridgehead atoms. The number of amides is 3. The molecule has 2 aromatic rings. The lowest BCUT2D eigenvalue weighted by Gasteiger charge is -2.34. The van der Waals surface area contributed by atoms with Gasteiger partial charge in [-0.05, 0) is 42.7 Å². The molecular formula is C30H32FN3O5. The first-order valence-corrected chi connectivity index (χ1v) is 13.6. The number of hydrogen-bond acceptors (Lipinski definition) is 5. The average molecular weight is 534 g/mol. The van der Waals surface area contributed by atoms with Gasteiger partial charge in [-0.15, -0.1) is 0 Å². The standard InChI is InChI=1S/C30H32FN3O5/c1-38-22-9-5-8-21(16-22)33-27(35)24-23-14-15-30(39-23)25(24)29(37)34(17-18-10-12-19(31)13-11-18)26(30)28(36)32-20-6-3-2-4-7-20/h5,8-16,20,23-26H,2-4,6-7,17H2,1H3,(H,32,36)(H,33,35)/t23-,24-,25-,26+,30-/m0/s1. The zero-order valence-electron chi connectivity index (χ0n) is 21.8. The second-order valence-electron chi connectivity index (χ2n) is 10.9. The maximum atomic E-state index is 14.1. The second kappa shape index (κ2) is 10.1. The lowest BCUT2D eigenvalue weighted by atomic mass is 9.74. The Labute approximate surface area is 226 Å². The molecule has 3 aliphatic heterocycles. The van der Waals surface area contributed by atoms with Gasteiger partial charge in [0.15, 0.2) is 0 Å². The first kappa shape index (κ1) is 25.6. The Hall–Kier alpha value is -3.72. The summed E-state index contributed by atoms with van der Waals surface area (Å²) in [5.74, 6) is -2.41. The molecule has 6 rings (SSSR count). The van der Waals surface area contributed by atoms with Crippen LogP contribution in [0.5, 0.6) is 5.75 Å². The van der Waals surface area contributed by atoms with Crippen LogP contribution < -0.4 is 15.4 Å². The molecule has 4 aliphatic rings. The zero-order valence-corrected chi connectivity index (χ0v) is 21.8. The molecule has 3 amide bonds. The number of halogens is 1. The highest BCUT2D eigenvalue weighted by Gasteiger charge is 2.72. The minimum absolute atomic E-state index is 0.0409. The largest absolute Gasteiger partial charge is 0.497 e. The van der Waals surface area contributed by atoms with Crippen LogP contribution in [0.25, 0.3) is 0 Å². The van der Waals surface area contributed by atoms with Gasteiger partial charge >= 0.3 is 0 Å². The molecule has 9 heteroatoms. The number of methoxy groups -OCH3 is 1. The number of rotatable bonds is 7. The van der Waals surface area contributed by atoms with Crippen LogP contribution in [0.4, 0.5) is 10.1 Å². The van der Waals surface area contributed by atoms with Crippen LogP contribution >= 0.6 is 0 Å². The zero-order chi connectivity index (χ0) is 27.1. The molecule has 1 spiro atoms. The molecule has 3 heterocycles. The van der Waals surface area contributed by atoms with Crippen molar-refractivity contribution in [2.75, 3.05) is 12.4 Å². The van der Waals surface area contributed by atoms with Gasteiger partial charge in [0.05, 0.1) is 25.0 Å².